The van der Waals surface area contributed by atoms with E-state index < -0.39 is 0 Å². The fourth-order valence-electron chi connectivity index (χ4n) is 4.28. The van der Waals surface area contributed by atoms with Crippen molar-refractivity contribution in [1.29, 1.82) is 0 Å². The van der Waals surface area contributed by atoms with E-state index in [1.54, 1.807) is 6.92 Å². The lowest BCUT2D eigenvalue weighted by Crippen LogP contribution is -2.30. The minimum atomic E-state index is 0.183. The number of ketones is 1. The van der Waals surface area contributed by atoms with Crippen molar-refractivity contribution in [3.8, 4) is 6.01 Å². The van der Waals surface area contributed by atoms with Gasteiger partial charge in [-0.2, -0.15) is 4.98 Å². The number of benzene rings is 1. The number of fused-ring (bicyclic) bond motifs is 1. The monoisotopic (exact) mass is 413 g/mol. The third kappa shape index (κ3) is 5.54. The van der Waals surface area contributed by atoms with Crippen LogP contribution >= 0.6 is 0 Å². The van der Waals surface area contributed by atoms with Crippen LogP contribution in [0.1, 0.15) is 58.8 Å². The zero-order valence-electron chi connectivity index (χ0n) is 18.5. The summed E-state index contributed by atoms with van der Waals surface area (Å²) in [7, 11) is 2.03. The SMILES string of the molecule is CC(=O)C[C@@H](C)COC1CCC(Oc2nc3ccc(NCC4CC4)cc3n2C)CC1. The van der Waals surface area contributed by atoms with Crippen LogP contribution in [0.2, 0.25) is 0 Å². The molecule has 2 saturated carbocycles. The molecule has 6 nitrogen and oxygen atoms in total. The first-order valence-corrected chi connectivity index (χ1v) is 11.5. The number of ether oxygens (including phenoxy) is 2. The van der Waals surface area contributed by atoms with E-state index in [1.807, 2.05) is 7.05 Å². The fraction of sp³-hybridized carbons (Fsp3) is 0.667. The van der Waals surface area contributed by atoms with Gasteiger partial charge in [-0.25, -0.2) is 0 Å². The van der Waals surface area contributed by atoms with Gasteiger partial charge in [0.2, 0.25) is 0 Å². The van der Waals surface area contributed by atoms with Crippen molar-refractivity contribution in [1.82, 2.24) is 9.55 Å². The molecule has 0 bridgehead atoms. The van der Waals surface area contributed by atoms with Gasteiger partial charge in [-0.1, -0.05) is 6.92 Å². The number of Topliss-reactive ketones (excluding diaryl/α,β-unsaturated/α-hetero) is 1. The Kier molecular flexibility index (Phi) is 6.61. The summed E-state index contributed by atoms with van der Waals surface area (Å²) in [5.74, 6) is 1.37. The maximum absolute atomic E-state index is 11.2. The van der Waals surface area contributed by atoms with Crippen LogP contribution in [0, 0.1) is 11.8 Å². The Morgan fingerprint density at radius 3 is 2.63 bits per heavy atom. The average Bonchev–Trinajstić information content (AvgIpc) is 3.50. The smallest absolute Gasteiger partial charge is 0.297 e. The number of rotatable bonds is 10. The molecule has 1 N–H and O–H groups in total. The average molecular weight is 414 g/mol. The summed E-state index contributed by atoms with van der Waals surface area (Å²) < 4.78 is 14.4. The van der Waals surface area contributed by atoms with Crippen molar-refractivity contribution in [2.75, 3.05) is 18.5 Å². The molecular formula is C24H35N3O3. The molecule has 0 aliphatic heterocycles. The summed E-state index contributed by atoms with van der Waals surface area (Å²) in [5, 5.41) is 3.54. The van der Waals surface area contributed by atoms with Crippen LogP contribution in [0.4, 0.5) is 5.69 Å². The number of carbonyl (C=O) groups excluding carboxylic acids is 1. The predicted octanol–water partition coefficient (Wildman–Crippen LogP) is 4.72. The Morgan fingerprint density at radius 1 is 1.20 bits per heavy atom. The largest absolute Gasteiger partial charge is 0.461 e. The van der Waals surface area contributed by atoms with Crippen LogP contribution < -0.4 is 10.1 Å². The molecule has 0 saturated heterocycles. The van der Waals surface area contributed by atoms with Gasteiger partial charge in [0.25, 0.3) is 6.01 Å². The lowest BCUT2D eigenvalue weighted by Gasteiger charge is -2.29. The van der Waals surface area contributed by atoms with Crippen LogP contribution in [0.25, 0.3) is 11.0 Å². The molecule has 1 atom stereocenters. The van der Waals surface area contributed by atoms with Crippen molar-refractivity contribution < 1.29 is 14.3 Å². The lowest BCUT2D eigenvalue weighted by atomic mass is 9.95. The molecule has 0 amide bonds. The number of aromatic nitrogens is 2. The highest BCUT2D eigenvalue weighted by molar-refractivity contribution is 5.80. The normalized spacial score (nSPS) is 22.8. The van der Waals surface area contributed by atoms with Crippen molar-refractivity contribution in [2.24, 2.45) is 18.9 Å². The Hall–Kier alpha value is -2.08. The minimum absolute atomic E-state index is 0.183. The van der Waals surface area contributed by atoms with Gasteiger partial charge in [-0.15, -0.1) is 0 Å². The molecule has 2 aliphatic carbocycles. The Labute approximate surface area is 179 Å². The van der Waals surface area contributed by atoms with E-state index in [-0.39, 0.29) is 18.0 Å². The topological polar surface area (TPSA) is 65.4 Å². The molecular weight excluding hydrogens is 378 g/mol. The number of nitrogens with one attached hydrogen (secondary N) is 1. The maximum atomic E-state index is 11.2. The van der Waals surface area contributed by atoms with Gasteiger partial charge in [-0.05, 0) is 75.5 Å². The van der Waals surface area contributed by atoms with Crippen LogP contribution in [-0.4, -0.2) is 40.7 Å². The predicted molar refractivity (Wildman–Crippen MR) is 119 cm³/mol. The van der Waals surface area contributed by atoms with Gasteiger partial charge >= 0.3 is 0 Å². The molecule has 2 aliphatic rings. The number of hydrogen-bond acceptors (Lipinski definition) is 5. The Balaban J connectivity index is 1.28. The van der Waals surface area contributed by atoms with E-state index in [2.05, 4.69) is 35.0 Å². The first-order chi connectivity index (χ1) is 14.5. The highest BCUT2D eigenvalue weighted by Crippen LogP contribution is 2.31. The van der Waals surface area contributed by atoms with Crippen molar-refractivity contribution in [2.45, 2.75) is 71.0 Å². The number of nitrogens with zero attached hydrogens (tertiary/aromatic N) is 2. The van der Waals surface area contributed by atoms with Crippen LogP contribution in [0.5, 0.6) is 6.01 Å². The van der Waals surface area contributed by atoms with Crippen molar-refractivity contribution >= 4 is 22.5 Å². The van der Waals surface area contributed by atoms with Gasteiger partial charge in [-0.3, -0.25) is 4.57 Å². The van der Waals surface area contributed by atoms with E-state index in [0.717, 1.165) is 54.9 Å². The fourth-order valence-corrected chi connectivity index (χ4v) is 4.28. The zero-order chi connectivity index (χ0) is 21.1. The molecule has 4 rings (SSSR count). The van der Waals surface area contributed by atoms with E-state index in [4.69, 9.17) is 14.5 Å². The first kappa shape index (κ1) is 21.2. The maximum Gasteiger partial charge on any atom is 0.297 e. The molecule has 1 aromatic heterocycles. The summed E-state index contributed by atoms with van der Waals surface area (Å²) >= 11 is 0. The van der Waals surface area contributed by atoms with E-state index in [0.29, 0.717) is 25.0 Å². The number of hydrogen-bond donors (Lipinski definition) is 1. The van der Waals surface area contributed by atoms with Crippen LogP contribution in [-0.2, 0) is 16.6 Å². The second kappa shape index (κ2) is 9.38. The molecule has 0 unspecified atom stereocenters. The molecule has 1 heterocycles. The molecule has 6 heteroatoms. The molecule has 2 fully saturated rings. The highest BCUT2D eigenvalue weighted by Gasteiger charge is 2.25. The van der Waals surface area contributed by atoms with Gasteiger partial charge in [0.05, 0.1) is 17.1 Å². The van der Waals surface area contributed by atoms with E-state index in [9.17, 15) is 4.79 Å². The summed E-state index contributed by atoms with van der Waals surface area (Å²) in [6.07, 6.45) is 7.71. The van der Waals surface area contributed by atoms with Gasteiger partial charge in [0.15, 0.2) is 0 Å². The summed E-state index contributed by atoms with van der Waals surface area (Å²) in [6.45, 7) is 5.45. The molecule has 1 aromatic carbocycles. The number of anilines is 1. The second-order valence-corrected chi connectivity index (χ2v) is 9.34. The molecule has 2 aromatic rings. The standard InChI is InChI=1S/C24H35N3O3/c1-16(12-17(2)28)15-29-20-7-9-21(10-8-20)30-24-26-22-11-6-19(13-23(22)27(24)3)25-14-18-4-5-18/h6,11,13,16,18,20-21,25H,4-5,7-10,12,14-15H2,1-3H3/t16-,20?,21?/m1/s1. The minimum Gasteiger partial charge on any atom is -0.461 e. The van der Waals surface area contributed by atoms with Crippen molar-refractivity contribution in [3.63, 3.8) is 0 Å². The van der Waals surface area contributed by atoms with E-state index in [1.165, 1.54) is 12.8 Å². The Morgan fingerprint density at radius 2 is 1.93 bits per heavy atom. The molecule has 0 radical (unpaired) electrons. The summed E-state index contributed by atoms with van der Waals surface area (Å²) in [6, 6.07) is 7.05. The van der Waals surface area contributed by atoms with Gasteiger partial charge in [0, 0.05) is 32.3 Å². The quantitative estimate of drug-likeness (QED) is 0.611. The Bertz CT molecular complexity index is 866. The highest BCUT2D eigenvalue weighted by atomic mass is 16.5. The van der Waals surface area contributed by atoms with Crippen molar-refractivity contribution in [3.05, 3.63) is 18.2 Å². The first-order valence-electron chi connectivity index (χ1n) is 11.5. The zero-order valence-corrected chi connectivity index (χ0v) is 18.5. The summed E-state index contributed by atoms with van der Waals surface area (Å²) in [4.78, 5) is 15.9. The van der Waals surface area contributed by atoms with Gasteiger partial charge in [0.1, 0.15) is 11.9 Å². The third-order valence-electron chi connectivity index (χ3n) is 6.28. The summed E-state index contributed by atoms with van der Waals surface area (Å²) in [5.41, 5.74) is 3.23. The molecule has 164 valence electrons. The molecule has 0 spiro atoms. The lowest BCUT2D eigenvalue weighted by molar-refractivity contribution is -0.118. The number of aryl methyl sites for hydroxylation is 1. The third-order valence-corrected chi connectivity index (χ3v) is 6.28. The number of carbonyl (C=O) groups is 1. The number of imidazole rings is 1. The molecule has 30 heavy (non-hydrogen) atoms. The van der Waals surface area contributed by atoms with Gasteiger partial charge < -0.3 is 19.6 Å². The second-order valence-electron chi connectivity index (χ2n) is 9.34. The van der Waals surface area contributed by atoms with Crippen LogP contribution in [0.3, 0.4) is 0 Å². The van der Waals surface area contributed by atoms with Crippen LogP contribution in [0.15, 0.2) is 18.2 Å². The van der Waals surface area contributed by atoms with E-state index >= 15 is 0 Å².